The molecule has 0 saturated carbocycles. The minimum Gasteiger partial charge on any atom is -0.308 e. The summed E-state index contributed by atoms with van der Waals surface area (Å²) in [6.45, 7) is 5.72. The van der Waals surface area contributed by atoms with Crippen LogP contribution >= 0.6 is 0 Å². The van der Waals surface area contributed by atoms with Gasteiger partial charge in [0, 0.05) is 27.1 Å². The predicted octanol–water partition coefficient (Wildman–Crippen LogP) is 11.4. The number of halogens is 3. The molecule has 0 fully saturated rings. The van der Waals surface area contributed by atoms with Crippen LogP contribution in [0, 0.1) is 32.1 Å². The van der Waals surface area contributed by atoms with E-state index in [1.54, 1.807) is 31.2 Å². The molecule has 0 N–H and O–H groups in total. The van der Waals surface area contributed by atoms with Gasteiger partial charge in [0.1, 0.15) is 0 Å². The molecular formula is C41H28F3N3. The van der Waals surface area contributed by atoms with Gasteiger partial charge < -0.3 is 9.13 Å². The van der Waals surface area contributed by atoms with Gasteiger partial charge in [-0.1, -0.05) is 77.4 Å². The van der Waals surface area contributed by atoms with Crippen LogP contribution in [0.5, 0.6) is 0 Å². The number of benzene rings is 6. The van der Waals surface area contributed by atoms with Gasteiger partial charge in [0.05, 0.1) is 50.6 Å². The third kappa shape index (κ3) is 4.42. The summed E-state index contributed by atoms with van der Waals surface area (Å²) in [4.78, 5) is 0. The Bertz CT molecular complexity index is 2470. The van der Waals surface area contributed by atoms with Gasteiger partial charge in [0.15, 0.2) is 0 Å². The smallest absolute Gasteiger partial charge is 0.308 e. The maximum Gasteiger partial charge on any atom is 0.417 e. The van der Waals surface area contributed by atoms with Crippen LogP contribution in [0.4, 0.5) is 13.2 Å². The zero-order valence-electron chi connectivity index (χ0n) is 25.9. The van der Waals surface area contributed by atoms with Gasteiger partial charge in [0.2, 0.25) is 0 Å². The van der Waals surface area contributed by atoms with E-state index in [0.29, 0.717) is 28.1 Å². The zero-order valence-corrected chi connectivity index (χ0v) is 25.9. The first-order valence-electron chi connectivity index (χ1n) is 15.4. The van der Waals surface area contributed by atoms with Crippen molar-refractivity contribution in [2.24, 2.45) is 0 Å². The number of para-hydroxylation sites is 2. The first kappa shape index (κ1) is 28.7. The topological polar surface area (TPSA) is 33.6 Å². The molecule has 0 saturated heterocycles. The predicted molar refractivity (Wildman–Crippen MR) is 184 cm³/mol. The molecule has 228 valence electrons. The van der Waals surface area contributed by atoms with Gasteiger partial charge in [-0.3, -0.25) is 0 Å². The number of nitrogens with zero attached hydrogens (tertiary/aromatic N) is 3. The molecule has 3 nitrogen and oxygen atoms in total. The first-order valence-corrected chi connectivity index (χ1v) is 15.4. The van der Waals surface area contributed by atoms with Crippen LogP contribution < -0.4 is 0 Å². The highest BCUT2D eigenvalue weighted by Gasteiger charge is 2.36. The maximum absolute atomic E-state index is 15.0. The molecule has 0 aliphatic rings. The Morgan fingerprint density at radius 2 is 0.979 bits per heavy atom. The maximum atomic E-state index is 15.0. The second-order valence-corrected chi connectivity index (χ2v) is 12.3. The number of nitriles is 1. The average Bonchev–Trinajstić information content (AvgIpc) is 3.56. The highest BCUT2D eigenvalue weighted by molar-refractivity contribution is 6.12. The second-order valence-electron chi connectivity index (χ2n) is 12.3. The van der Waals surface area contributed by atoms with Crippen molar-refractivity contribution >= 4 is 43.6 Å². The van der Waals surface area contributed by atoms with E-state index in [-0.39, 0.29) is 5.56 Å². The van der Waals surface area contributed by atoms with E-state index >= 15 is 13.2 Å². The van der Waals surface area contributed by atoms with Crippen LogP contribution in [0.15, 0.2) is 115 Å². The Labute approximate surface area is 269 Å². The standard InChI is InChI=1S/C41H28F3N3/c1-24-13-16-36-31(18-24)28-8-4-6-10-34(28)46(36)38-21-27(23-45)22-39(40(38)30-15-12-26(3)20-33(30)41(42,43)44)47-35-11-7-5-9-29(35)32-19-25(2)14-17-37(32)47/h4-22H,1-3H3. The summed E-state index contributed by atoms with van der Waals surface area (Å²) in [7, 11) is 0. The van der Waals surface area contributed by atoms with Crippen molar-refractivity contribution in [3.8, 4) is 28.6 Å². The highest BCUT2D eigenvalue weighted by atomic mass is 19.4. The number of rotatable bonds is 3. The van der Waals surface area contributed by atoms with Crippen LogP contribution in [0.25, 0.3) is 66.1 Å². The van der Waals surface area contributed by atoms with Crippen molar-refractivity contribution in [1.29, 1.82) is 5.26 Å². The van der Waals surface area contributed by atoms with Crippen molar-refractivity contribution in [3.05, 3.63) is 143 Å². The van der Waals surface area contributed by atoms with E-state index in [0.717, 1.165) is 54.7 Å². The van der Waals surface area contributed by atoms with E-state index in [1.165, 1.54) is 6.07 Å². The summed E-state index contributed by atoms with van der Waals surface area (Å²) >= 11 is 0. The van der Waals surface area contributed by atoms with Crippen molar-refractivity contribution < 1.29 is 13.2 Å². The van der Waals surface area contributed by atoms with Crippen LogP contribution in [-0.4, -0.2) is 9.13 Å². The van der Waals surface area contributed by atoms with Crippen molar-refractivity contribution in [2.45, 2.75) is 26.9 Å². The molecule has 0 radical (unpaired) electrons. The zero-order chi connectivity index (χ0) is 32.6. The fourth-order valence-corrected chi connectivity index (χ4v) is 7.11. The van der Waals surface area contributed by atoms with Crippen LogP contribution in [-0.2, 0) is 6.18 Å². The molecule has 0 atom stereocenters. The number of aromatic nitrogens is 2. The van der Waals surface area contributed by atoms with Gasteiger partial charge in [-0.25, -0.2) is 0 Å². The van der Waals surface area contributed by atoms with Gasteiger partial charge >= 0.3 is 6.18 Å². The first-order chi connectivity index (χ1) is 22.6. The molecular weight excluding hydrogens is 591 g/mol. The molecule has 0 bridgehead atoms. The Morgan fingerprint density at radius 3 is 1.47 bits per heavy atom. The number of hydrogen-bond acceptors (Lipinski definition) is 1. The molecule has 0 aliphatic carbocycles. The third-order valence-electron chi connectivity index (χ3n) is 9.11. The number of alkyl halides is 3. The molecule has 8 aromatic rings. The van der Waals surface area contributed by atoms with Gasteiger partial charge in [-0.05, 0) is 80.9 Å². The molecule has 0 spiro atoms. The fraction of sp³-hybridized carbons (Fsp3) is 0.0976. The summed E-state index contributed by atoms with van der Waals surface area (Å²) in [5, 5.41) is 14.4. The average molecular weight is 620 g/mol. The second kappa shape index (κ2) is 10.4. The number of fused-ring (bicyclic) bond motifs is 6. The minimum atomic E-state index is -4.63. The van der Waals surface area contributed by atoms with Gasteiger partial charge in [0.25, 0.3) is 0 Å². The summed E-state index contributed by atoms with van der Waals surface area (Å²) in [6, 6.07) is 38.4. The lowest BCUT2D eigenvalue weighted by molar-refractivity contribution is -0.137. The lowest BCUT2D eigenvalue weighted by atomic mass is 9.92. The summed E-state index contributed by atoms with van der Waals surface area (Å²) in [5.74, 6) is 0. The highest BCUT2D eigenvalue weighted by Crippen LogP contribution is 2.46. The fourth-order valence-electron chi connectivity index (χ4n) is 7.11. The summed E-state index contributed by atoms with van der Waals surface area (Å²) in [6.07, 6.45) is -4.63. The van der Waals surface area contributed by atoms with Crippen LogP contribution in [0.3, 0.4) is 0 Å². The Kier molecular flexibility index (Phi) is 6.32. The molecule has 2 aromatic heterocycles. The Morgan fingerprint density at radius 1 is 0.532 bits per heavy atom. The Hall–Kier alpha value is -5.80. The van der Waals surface area contributed by atoms with E-state index in [1.807, 2.05) is 95.8 Å². The molecule has 0 unspecified atom stereocenters. The van der Waals surface area contributed by atoms with E-state index in [2.05, 4.69) is 18.2 Å². The molecule has 2 heterocycles. The molecule has 6 aromatic carbocycles. The third-order valence-corrected chi connectivity index (χ3v) is 9.11. The molecule has 0 amide bonds. The molecule has 6 heteroatoms. The summed E-state index contributed by atoms with van der Waals surface area (Å²) in [5.41, 5.74) is 7.10. The normalized spacial score (nSPS) is 12.0. The van der Waals surface area contributed by atoms with Crippen molar-refractivity contribution in [3.63, 3.8) is 0 Å². The molecule has 0 aliphatic heterocycles. The van der Waals surface area contributed by atoms with E-state index < -0.39 is 11.7 Å². The number of aryl methyl sites for hydroxylation is 3. The van der Waals surface area contributed by atoms with Gasteiger partial charge in [-0.15, -0.1) is 0 Å². The van der Waals surface area contributed by atoms with E-state index in [4.69, 9.17) is 0 Å². The largest absolute Gasteiger partial charge is 0.417 e. The van der Waals surface area contributed by atoms with Gasteiger partial charge in [-0.2, -0.15) is 18.4 Å². The van der Waals surface area contributed by atoms with Crippen LogP contribution in [0.1, 0.15) is 27.8 Å². The minimum absolute atomic E-state index is 0.0497. The van der Waals surface area contributed by atoms with Crippen molar-refractivity contribution in [2.75, 3.05) is 0 Å². The molecule has 8 rings (SSSR count). The lowest BCUT2D eigenvalue weighted by Crippen LogP contribution is -2.11. The number of hydrogen-bond donors (Lipinski definition) is 0. The SMILES string of the molecule is Cc1ccc(-c2c(-n3c4ccccc4c4cc(C)ccc43)cc(C#N)cc2-n2c3ccccc3c3cc(C)ccc32)c(C(F)(F)F)c1. The summed E-state index contributed by atoms with van der Waals surface area (Å²) < 4.78 is 49.2. The Balaban J connectivity index is 1.64. The molecule has 47 heavy (non-hydrogen) atoms. The van der Waals surface area contributed by atoms with E-state index in [9.17, 15) is 5.26 Å². The van der Waals surface area contributed by atoms with Crippen LogP contribution in [0.2, 0.25) is 0 Å². The van der Waals surface area contributed by atoms with Crippen molar-refractivity contribution in [1.82, 2.24) is 9.13 Å². The quantitative estimate of drug-likeness (QED) is 0.194. The monoisotopic (exact) mass is 619 g/mol. The lowest BCUT2D eigenvalue weighted by Gasteiger charge is -2.23.